The molecular weight excluding hydrogens is 510 g/mol. The van der Waals surface area contributed by atoms with Gasteiger partial charge in [-0.05, 0) is 61.8 Å². The highest BCUT2D eigenvalue weighted by Crippen LogP contribution is 2.42. The predicted octanol–water partition coefficient (Wildman–Crippen LogP) is 4.25. The van der Waals surface area contributed by atoms with Crippen LogP contribution in [-0.2, 0) is 27.2 Å². The fourth-order valence-corrected chi connectivity index (χ4v) is 7.09. The predicted molar refractivity (Wildman–Crippen MR) is 151 cm³/mol. The Morgan fingerprint density at radius 2 is 1.95 bits per heavy atom. The van der Waals surface area contributed by atoms with Crippen LogP contribution in [0.15, 0.2) is 41.6 Å². The van der Waals surface area contributed by atoms with E-state index in [0.29, 0.717) is 51.3 Å². The molecule has 1 saturated carbocycles. The van der Waals surface area contributed by atoms with E-state index in [1.54, 1.807) is 23.6 Å². The molecule has 3 amide bonds. The van der Waals surface area contributed by atoms with Crippen molar-refractivity contribution in [3.63, 3.8) is 0 Å². The summed E-state index contributed by atoms with van der Waals surface area (Å²) < 4.78 is 0. The Kier molecular flexibility index (Phi) is 7.34. The summed E-state index contributed by atoms with van der Waals surface area (Å²) in [6.07, 6.45) is 17.1. The minimum Gasteiger partial charge on any atom is -0.342 e. The monoisotopic (exact) mass is 545 g/mol. The Bertz CT molecular complexity index is 1300. The quantitative estimate of drug-likeness (QED) is 0.448. The van der Waals surface area contributed by atoms with Crippen molar-refractivity contribution in [2.45, 2.75) is 57.8 Å². The lowest BCUT2D eigenvalue weighted by Gasteiger charge is -2.43. The van der Waals surface area contributed by atoms with Gasteiger partial charge in [-0.15, -0.1) is 11.3 Å². The third kappa shape index (κ3) is 5.55. The smallest absolute Gasteiger partial charge is 0.246 e. The Morgan fingerprint density at radius 1 is 1.13 bits per heavy atom. The highest BCUT2D eigenvalue weighted by molar-refractivity contribution is 7.09. The van der Waals surface area contributed by atoms with Crippen molar-refractivity contribution in [1.82, 2.24) is 19.8 Å². The molecule has 0 radical (unpaired) electrons. The van der Waals surface area contributed by atoms with E-state index in [-0.39, 0.29) is 23.6 Å². The average molecular weight is 546 g/mol. The van der Waals surface area contributed by atoms with Gasteiger partial charge in [0, 0.05) is 62.4 Å². The number of carbonyl (C=O) groups is 3. The third-order valence-electron chi connectivity index (χ3n) is 8.86. The number of piperidine rings is 1. The second-order valence-electron chi connectivity index (χ2n) is 11.3. The molecule has 1 spiro atoms. The highest BCUT2D eigenvalue weighted by atomic mass is 32.1. The molecule has 2 aromatic heterocycles. The third-order valence-corrected chi connectivity index (χ3v) is 9.64. The number of nitrogens with zero attached hydrogens (tertiary/aromatic N) is 4. The lowest BCUT2D eigenvalue weighted by molar-refractivity contribution is -0.141. The van der Waals surface area contributed by atoms with Crippen LogP contribution in [0.5, 0.6) is 0 Å². The van der Waals surface area contributed by atoms with Gasteiger partial charge in [0.25, 0.3) is 0 Å². The van der Waals surface area contributed by atoms with Gasteiger partial charge in [0.15, 0.2) is 0 Å². The Morgan fingerprint density at radius 3 is 2.67 bits per heavy atom. The second kappa shape index (κ2) is 11.0. The van der Waals surface area contributed by atoms with Gasteiger partial charge in [0.1, 0.15) is 5.82 Å². The van der Waals surface area contributed by atoms with Gasteiger partial charge >= 0.3 is 0 Å². The molecule has 3 aliphatic heterocycles. The molecule has 204 valence electrons. The molecule has 9 heteroatoms. The average Bonchev–Trinajstić information content (AvgIpc) is 3.68. The Hall–Kier alpha value is -3.33. The highest BCUT2D eigenvalue weighted by Gasteiger charge is 2.46. The number of hydrogen-bond acceptors (Lipinski definition) is 6. The van der Waals surface area contributed by atoms with Gasteiger partial charge in [-0.2, -0.15) is 0 Å². The summed E-state index contributed by atoms with van der Waals surface area (Å²) in [6.45, 7) is 2.59. The summed E-state index contributed by atoms with van der Waals surface area (Å²) in [5.41, 5.74) is 2.67. The fraction of sp³-hybridized carbons (Fsp3) is 0.500. The van der Waals surface area contributed by atoms with Gasteiger partial charge in [-0.3, -0.25) is 14.4 Å². The molecule has 39 heavy (non-hydrogen) atoms. The number of rotatable bonds is 5. The summed E-state index contributed by atoms with van der Waals surface area (Å²) in [7, 11) is 0. The van der Waals surface area contributed by atoms with Crippen molar-refractivity contribution in [3.05, 3.63) is 57.7 Å². The van der Waals surface area contributed by atoms with Crippen LogP contribution in [0.4, 0.5) is 5.82 Å². The van der Waals surface area contributed by atoms with E-state index in [0.717, 1.165) is 54.7 Å². The molecule has 8 nitrogen and oxygen atoms in total. The lowest BCUT2D eigenvalue weighted by Crippen LogP contribution is -2.52. The molecule has 0 bridgehead atoms. The van der Waals surface area contributed by atoms with Crippen LogP contribution in [0.2, 0.25) is 0 Å². The fourth-order valence-electron chi connectivity index (χ4n) is 6.42. The number of anilines is 1. The van der Waals surface area contributed by atoms with E-state index in [1.807, 2.05) is 33.5 Å². The first-order valence-corrected chi connectivity index (χ1v) is 15.0. The van der Waals surface area contributed by atoms with Crippen LogP contribution in [0.3, 0.4) is 0 Å². The normalized spacial score (nSPS) is 21.2. The zero-order chi connectivity index (χ0) is 26.8. The van der Waals surface area contributed by atoms with Gasteiger partial charge in [-0.25, -0.2) is 9.97 Å². The number of likely N-dealkylation sites (tertiary alicyclic amines) is 1. The number of thiazole rings is 1. The topological polar surface area (TPSA) is 95.5 Å². The number of nitrogens with one attached hydrogen (secondary N) is 1. The Labute approximate surface area is 233 Å². The first-order valence-electron chi connectivity index (χ1n) is 14.1. The van der Waals surface area contributed by atoms with Crippen molar-refractivity contribution in [1.29, 1.82) is 0 Å². The summed E-state index contributed by atoms with van der Waals surface area (Å²) >= 11 is 1.66. The molecule has 5 heterocycles. The van der Waals surface area contributed by atoms with Crippen LogP contribution >= 0.6 is 11.3 Å². The standard InChI is InChI=1S/C30H35N5O3S/c36-26(34-12-7-21(8-13-34)18-25-31-11-16-39-25)6-5-22-17-24-19-30(29(38)33-27(24)32-20-22)9-14-35(15-10-30)28(37)23-3-1-2-4-23/h5-7,11,16-17,20,23H,1-4,8-10,12-15,18-19H2,(H,32,33,38). The molecule has 0 aromatic carbocycles. The summed E-state index contributed by atoms with van der Waals surface area (Å²) in [5.74, 6) is 1.06. The van der Waals surface area contributed by atoms with Crippen LogP contribution in [-0.4, -0.2) is 63.7 Å². The van der Waals surface area contributed by atoms with E-state index in [9.17, 15) is 14.4 Å². The zero-order valence-corrected chi connectivity index (χ0v) is 23.0. The molecule has 2 fully saturated rings. The number of fused-ring (bicyclic) bond motifs is 1. The van der Waals surface area contributed by atoms with E-state index in [2.05, 4.69) is 21.4 Å². The summed E-state index contributed by atoms with van der Waals surface area (Å²) in [4.78, 5) is 51.5. The van der Waals surface area contributed by atoms with Crippen molar-refractivity contribution >= 4 is 41.0 Å². The van der Waals surface area contributed by atoms with E-state index in [1.165, 1.54) is 5.57 Å². The van der Waals surface area contributed by atoms with Gasteiger partial charge < -0.3 is 15.1 Å². The maximum atomic E-state index is 13.1. The first kappa shape index (κ1) is 25.9. The molecule has 1 saturated heterocycles. The Balaban J connectivity index is 1.07. The zero-order valence-electron chi connectivity index (χ0n) is 22.2. The first-order chi connectivity index (χ1) is 19.0. The van der Waals surface area contributed by atoms with Gasteiger partial charge in [-0.1, -0.05) is 24.5 Å². The minimum atomic E-state index is -0.504. The number of aromatic nitrogens is 2. The van der Waals surface area contributed by atoms with Crippen LogP contribution < -0.4 is 5.32 Å². The van der Waals surface area contributed by atoms with Crippen LogP contribution in [0.1, 0.15) is 61.1 Å². The molecule has 6 rings (SSSR count). The molecule has 1 N–H and O–H groups in total. The maximum absolute atomic E-state index is 13.1. The van der Waals surface area contributed by atoms with Crippen LogP contribution in [0.25, 0.3) is 6.08 Å². The van der Waals surface area contributed by atoms with E-state index < -0.39 is 5.41 Å². The molecule has 4 aliphatic rings. The van der Waals surface area contributed by atoms with Crippen LogP contribution in [0, 0.1) is 11.3 Å². The molecule has 0 unspecified atom stereocenters. The summed E-state index contributed by atoms with van der Waals surface area (Å²) in [6, 6.07) is 2.03. The molecule has 1 aliphatic carbocycles. The van der Waals surface area contributed by atoms with E-state index in [4.69, 9.17) is 0 Å². The molecule has 0 atom stereocenters. The van der Waals surface area contributed by atoms with Crippen molar-refractivity contribution in [2.75, 3.05) is 31.5 Å². The number of amides is 3. The van der Waals surface area contributed by atoms with Gasteiger partial charge in [0.2, 0.25) is 17.7 Å². The van der Waals surface area contributed by atoms with Gasteiger partial charge in [0.05, 0.1) is 10.4 Å². The minimum absolute atomic E-state index is 0.0126. The van der Waals surface area contributed by atoms with Crippen molar-refractivity contribution < 1.29 is 14.4 Å². The largest absolute Gasteiger partial charge is 0.342 e. The lowest BCUT2D eigenvalue weighted by atomic mass is 9.71. The van der Waals surface area contributed by atoms with Crippen molar-refractivity contribution in [3.8, 4) is 0 Å². The maximum Gasteiger partial charge on any atom is 0.246 e. The van der Waals surface area contributed by atoms with Crippen molar-refractivity contribution in [2.24, 2.45) is 11.3 Å². The summed E-state index contributed by atoms with van der Waals surface area (Å²) in [5, 5.41) is 6.12. The number of pyridine rings is 1. The second-order valence-corrected chi connectivity index (χ2v) is 12.3. The molecule has 2 aromatic rings. The molecular formula is C30H35N5O3S. The SMILES string of the molecule is O=C(C=Cc1cnc2c(c1)CC1(CCN(C(=O)C3CCCC3)CC1)C(=O)N2)N1CC=C(Cc2nccs2)CC1. The van der Waals surface area contributed by atoms with E-state index >= 15 is 0 Å². The number of hydrogen-bond donors (Lipinski definition) is 1. The number of carbonyl (C=O) groups excluding carboxylic acids is 3.